The van der Waals surface area contributed by atoms with Gasteiger partial charge in [0.15, 0.2) is 5.76 Å². The van der Waals surface area contributed by atoms with Gasteiger partial charge in [0, 0.05) is 27.8 Å². The van der Waals surface area contributed by atoms with Crippen molar-refractivity contribution in [3.63, 3.8) is 0 Å². The minimum Gasteiger partial charge on any atom is -0.489 e. The fraction of sp³-hybridized carbons (Fsp3) is 0.0952. The Balaban J connectivity index is 1.53. The van der Waals surface area contributed by atoms with Gasteiger partial charge in [-0.05, 0) is 43.3 Å². The van der Waals surface area contributed by atoms with Gasteiger partial charge >= 0.3 is 0 Å². The molecular weight excluding hydrogens is 387 g/mol. The van der Waals surface area contributed by atoms with E-state index in [2.05, 4.69) is 0 Å². The molecule has 4 rings (SSSR count). The number of allylic oxidation sites excluding steroid dienone is 1. The van der Waals surface area contributed by atoms with Crippen LogP contribution >= 0.6 is 23.2 Å². The van der Waals surface area contributed by atoms with Crippen molar-refractivity contribution in [3.05, 3.63) is 87.0 Å². The van der Waals surface area contributed by atoms with E-state index in [4.69, 9.17) is 37.1 Å². The SMILES string of the molecule is Cc1ccc(/C=C2\Oc3cc(OCc4c(Cl)cccc4Cl)ccc3C2=O)o1. The number of hydrogen-bond donors (Lipinski definition) is 0. The third kappa shape index (κ3) is 3.59. The van der Waals surface area contributed by atoms with Gasteiger partial charge in [-0.25, -0.2) is 0 Å². The van der Waals surface area contributed by atoms with Crippen molar-refractivity contribution in [2.75, 3.05) is 0 Å². The van der Waals surface area contributed by atoms with Gasteiger partial charge in [-0.2, -0.15) is 0 Å². The average molecular weight is 401 g/mol. The number of aryl methyl sites for hydroxylation is 1. The van der Waals surface area contributed by atoms with Gasteiger partial charge in [0.05, 0.1) is 5.56 Å². The lowest BCUT2D eigenvalue weighted by Gasteiger charge is -2.10. The molecule has 3 aromatic rings. The van der Waals surface area contributed by atoms with Crippen LogP contribution in [0.2, 0.25) is 10.0 Å². The zero-order valence-corrected chi connectivity index (χ0v) is 15.8. The molecule has 0 fully saturated rings. The second kappa shape index (κ2) is 7.14. The molecule has 0 radical (unpaired) electrons. The van der Waals surface area contributed by atoms with E-state index in [1.807, 2.05) is 13.0 Å². The smallest absolute Gasteiger partial charge is 0.232 e. The molecule has 2 heterocycles. The molecule has 1 aliphatic heterocycles. The highest BCUT2D eigenvalue weighted by molar-refractivity contribution is 6.35. The number of ketones is 1. The third-order valence-electron chi connectivity index (χ3n) is 4.12. The van der Waals surface area contributed by atoms with Gasteiger partial charge in [-0.1, -0.05) is 29.3 Å². The first-order valence-corrected chi connectivity index (χ1v) is 8.97. The number of furan rings is 1. The van der Waals surface area contributed by atoms with Crippen molar-refractivity contribution in [2.45, 2.75) is 13.5 Å². The fourth-order valence-electron chi connectivity index (χ4n) is 2.74. The first-order valence-electron chi connectivity index (χ1n) is 8.22. The van der Waals surface area contributed by atoms with Crippen molar-refractivity contribution < 1.29 is 18.7 Å². The topological polar surface area (TPSA) is 48.7 Å². The van der Waals surface area contributed by atoms with E-state index in [1.54, 1.807) is 48.5 Å². The molecule has 0 spiro atoms. The maximum Gasteiger partial charge on any atom is 0.232 e. The van der Waals surface area contributed by atoms with Crippen LogP contribution < -0.4 is 9.47 Å². The number of ether oxygens (including phenoxy) is 2. The predicted octanol–water partition coefficient (Wildman–Crippen LogP) is 6.09. The lowest BCUT2D eigenvalue weighted by molar-refractivity contribution is 0.101. The molecule has 2 aromatic carbocycles. The third-order valence-corrected chi connectivity index (χ3v) is 4.83. The van der Waals surface area contributed by atoms with E-state index in [0.29, 0.717) is 38.4 Å². The molecule has 6 heteroatoms. The van der Waals surface area contributed by atoms with Crippen LogP contribution in [-0.2, 0) is 6.61 Å². The highest BCUT2D eigenvalue weighted by Crippen LogP contribution is 2.35. The molecule has 1 aliphatic rings. The zero-order chi connectivity index (χ0) is 19.0. The number of hydrogen-bond acceptors (Lipinski definition) is 4. The van der Waals surface area contributed by atoms with Crippen LogP contribution in [0.25, 0.3) is 6.08 Å². The summed E-state index contributed by atoms with van der Waals surface area (Å²) in [6.07, 6.45) is 1.58. The Hall–Kier alpha value is -2.69. The van der Waals surface area contributed by atoms with Crippen LogP contribution in [-0.4, -0.2) is 5.78 Å². The molecule has 0 saturated carbocycles. The maximum atomic E-state index is 12.5. The fourth-order valence-corrected chi connectivity index (χ4v) is 3.25. The minimum atomic E-state index is -0.195. The van der Waals surface area contributed by atoms with Gasteiger partial charge in [0.2, 0.25) is 5.78 Å². The molecule has 1 aromatic heterocycles. The van der Waals surface area contributed by atoms with Crippen LogP contribution in [0.15, 0.2) is 58.7 Å². The van der Waals surface area contributed by atoms with Crippen molar-refractivity contribution in [2.24, 2.45) is 0 Å². The van der Waals surface area contributed by atoms with Crippen molar-refractivity contribution >= 4 is 35.1 Å². The zero-order valence-electron chi connectivity index (χ0n) is 14.3. The van der Waals surface area contributed by atoms with Crippen LogP contribution in [0.5, 0.6) is 11.5 Å². The van der Waals surface area contributed by atoms with Gasteiger partial charge < -0.3 is 13.9 Å². The van der Waals surface area contributed by atoms with Gasteiger partial charge in [0.25, 0.3) is 0 Å². The van der Waals surface area contributed by atoms with Gasteiger partial charge in [-0.3, -0.25) is 4.79 Å². The van der Waals surface area contributed by atoms with Crippen LogP contribution in [0, 0.1) is 6.92 Å². The summed E-state index contributed by atoms with van der Waals surface area (Å²) in [5.41, 5.74) is 1.18. The quantitative estimate of drug-likeness (QED) is 0.497. The minimum absolute atomic E-state index is 0.195. The Kier molecular flexibility index (Phi) is 4.68. The average Bonchev–Trinajstić information content (AvgIpc) is 3.18. The second-order valence-electron chi connectivity index (χ2n) is 6.04. The van der Waals surface area contributed by atoms with E-state index in [1.165, 1.54) is 0 Å². The van der Waals surface area contributed by atoms with Crippen LogP contribution in [0.1, 0.15) is 27.4 Å². The summed E-state index contributed by atoms with van der Waals surface area (Å²) in [5.74, 6) is 2.34. The summed E-state index contributed by atoms with van der Waals surface area (Å²) in [6.45, 7) is 2.04. The molecular formula is C21H14Cl2O4. The van der Waals surface area contributed by atoms with Crippen molar-refractivity contribution in [3.8, 4) is 11.5 Å². The van der Waals surface area contributed by atoms with Crippen molar-refractivity contribution in [1.82, 2.24) is 0 Å². The highest BCUT2D eigenvalue weighted by Gasteiger charge is 2.28. The maximum absolute atomic E-state index is 12.5. The molecule has 0 bridgehead atoms. The van der Waals surface area contributed by atoms with E-state index < -0.39 is 0 Å². The summed E-state index contributed by atoms with van der Waals surface area (Å²) in [7, 11) is 0. The summed E-state index contributed by atoms with van der Waals surface area (Å²) >= 11 is 12.3. The molecule has 0 amide bonds. The van der Waals surface area contributed by atoms with E-state index in [9.17, 15) is 4.79 Å². The van der Waals surface area contributed by atoms with E-state index in [-0.39, 0.29) is 18.1 Å². The van der Waals surface area contributed by atoms with E-state index >= 15 is 0 Å². The summed E-state index contributed by atoms with van der Waals surface area (Å²) < 4.78 is 16.9. The molecule has 0 saturated heterocycles. The monoisotopic (exact) mass is 400 g/mol. The standard InChI is InChI=1S/C21H14Cl2O4/c1-12-5-6-14(26-12)10-20-21(24)15-8-7-13(9-19(15)27-20)25-11-16-17(22)3-2-4-18(16)23/h2-10H,11H2,1H3/b20-10-. The number of benzene rings is 2. The Bertz CT molecular complexity index is 1050. The number of carbonyl (C=O) groups is 1. The normalized spacial score (nSPS) is 14.3. The summed E-state index contributed by atoms with van der Waals surface area (Å²) in [6, 6.07) is 14.0. The molecule has 0 aliphatic carbocycles. The molecule has 136 valence electrons. The van der Waals surface area contributed by atoms with Crippen LogP contribution in [0.4, 0.5) is 0 Å². The summed E-state index contributed by atoms with van der Waals surface area (Å²) in [4.78, 5) is 12.5. The Labute approximate surface area is 165 Å². The van der Waals surface area contributed by atoms with Crippen LogP contribution in [0.3, 0.4) is 0 Å². The molecule has 0 unspecified atom stereocenters. The number of carbonyl (C=O) groups excluding carboxylic acids is 1. The summed E-state index contributed by atoms with van der Waals surface area (Å²) in [5, 5.41) is 1.07. The number of halogens is 2. The molecule has 0 N–H and O–H groups in total. The lowest BCUT2D eigenvalue weighted by atomic mass is 10.1. The Morgan fingerprint density at radius 3 is 2.56 bits per heavy atom. The molecule has 0 atom stereocenters. The van der Waals surface area contributed by atoms with Crippen molar-refractivity contribution in [1.29, 1.82) is 0 Å². The first-order chi connectivity index (χ1) is 13.0. The van der Waals surface area contributed by atoms with Gasteiger partial charge in [0.1, 0.15) is 29.6 Å². The largest absolute Gasteiger partial charge is 0.489 e. The highest BCUT2D eigenvalue weighted by atomic mass is 35.5. The Morgan fingerprint density at radius 1 is 1.07 bits per heavy atom. The molecule has 4 nitrogen and oxygen atoms in total. The predicted molar refractivity (Wildman–Crippen MR) is 104 cm³/mol. The molecule has 27 heavy (non-hydrogen) atoms. The second-order valence-corrected chi connectivity index (χ2v) is 6.85. The first kappa shape index (κ1) is 17.7. The van der Waals surface area contributed by atoms with E-state index in [0.717, 1.165) is 5.76 Å². The lowest BCUT2D eigenvalue weighted by Crippen LogP contribution is -1.98. The van der Waals surface area contributed by atoms with Gasteiger partial charge in [-0.15, -0.1) is 0 Å². The Morgan fingerprint density at radius 2 is 1.85 bits per heavy atom. The number of fused-ring (bicyclic) bond motifs is 1. The number of rotatable bonds is 4. The number of Topliss-reactive ketones (excluding diaryl/α,β-unsaturated/α-hetero) is 1.